The molecule has 0 saturated carbocycles. The molecule has 0 radical (unpaired) electrons. The van der Waals surface area contributed by atoms with Crippen molar-refractivity contribution in [3.63, 3.8) is 0 Å². The Hall–Kier alpha value is -3.11. The SMILES string of the molecule is C=CN(C)NC(C)N=C(N)C(NCC)=[N+](N)Cc1ccc2ncc(CO)n2c1. The van der Waals surface area contributed by atoms with E-state index in [0.717, 1.165) is 11.2 Å². The number of aliphatic imine (C=N–C) groups is 1. The first-order chi connectivity index (χ1) is 13.4. The number of nitrogens with one attached hydrogen (secondary N) is 2. The smallest absolute Gasteiger partial charge is 0.335 e. The lowest BCUT2D eigenvalue weighted by molar-refractivity contribution is -0.556. The molecule has 0 spiro atoms. The number of hydrogen-bond acceptors (Lipinski definition) is 6. The highest BCUT2D eigenvalue weighted by Crippen LogP contribution is 2.09. The van der Waals surface area contributed by atoms with E-state index < -0.39 is 0 Å². The lowest BCUT2D eigenvalue weighted by Gasteiger charge is -2.18. The minimum atomic E-state index is -0.264. The van der Waals surface area contributed by atoms with Gasteiger partial charge in [-0.15, -0.1) is 0 Å². The number of likely N-dealkylation sites (N-methyl/N-ethyl adjacent to an activating group) is 1. The number of rotatable bonds is 8. The van der Waals surface area contributed by atoms with Gasteiger partial charge in [-0.2, -0.15) is 4.68 Å². The molecule has 0 fully saturated rings. The highest BCUT2D eigenvalue weighted by molar-refractivity contribution is 6.37. The Morgan fingerprint density at radius 2 is 2.29 bits per heavy atom. The summed E-state index contributed by atoms with van der Waals surface area (Å²) in [4.78, 5) is 8.69. The molecule has 10 nitrogen and oxygen atoms in total. The summed E-state index contributed by atoms with van der Waals surface area (Å²) in [6.07, 6.45) is 4.92. The van der Waals surface area contributed by atoms with Crippen molar-refractivity contribution >= 4 is 17.3 Å². The zero-order chi connectivity index (χ0) is 20.7. The number of pyridine rings is 1. The molecule has 10 heteroatoms. The Kier molecular flexibility index (Phi) is 7.36. The van der Waals surface area contributed by atoms with E-state index in [0.29, 0.717) is 30.5 Å². The molecule has 0 aliphatic heterocycles. The molecule has 2 aromatic heterocycles. The van der Waals surface area contributed by atoms with Crippen LogP contribution in [0.2, 0.25) is 0 Å². The van der Waals surface area contributed by atoms with Crippen LogP contribution in [0.1, 0.15) is 25.1 Å². The summed E-state index contributed by atoms with van der Waals surface area (Å²) in [7, 11) is 1.83. The largest absolute Gasteiger partial charge is 0.390 e. The van der Waals surface area contributed by atoms with E-state index in [1.807, 2.05) is 43.6 Å². The van der Waals surface area contributed by atoms with Crippen LogP contribution in [-0.2, 0) is 13.2 Å². The van der Waals surface area contributed by atoms with Gasteiger partial charge in [0.1, 0.15) is 18.4 Å². The lowest BCUT2D eigenvalue weighted by atomic mass is 10.2. The maximum Gasteiger partial charge on any atom is 0.335 e. The number of hydrazone groups is 1. The summed E-state index contributed by atoms with van der Waals surface area (Å²) >= 11 is 0. The third kappa shape index (κ3) is 5.21. The number of aliphatic hydroxyl groups excluding tert-OH is 1. The zero-order valence-corrected chi connectivity index (χ0v) is 16.6. The predicted octanol–water partition coefficient (Wildman–Crippen LogP) is -0.496. The Morgan fingerprint density at radius 3 is 2.93 bits per heavy atom. The molecule has 1 unspecified atom stereocenters. The summed E-state index contributed by atoms with van der Waals surface area (Å²) in [5.74, 6) is 7.11. The Bertz CT molecular complexity index is 871. The first kappa shape index (κ1) is 21.2. The molecule has 28 heavy (non-hydrogen) atoms. The molecular formula is C18H30N9O+. The topological polar surface area (TPSA) is 132 Å². The quantitative estimate of drug-likeness (QED) is 0.135. The zero-order valence-electron chi connectivity index (χ0n) is 16.6. The van der Waals surface area contributed by atoms with E-state index in [2.05, 4.69) is 27.3 Å². The van der Waals surface area contributed by atoms with Gasteiger partial charge < -0.3 is 20.2 Å². The van der Waals surface area contributed by atoms with E-state index in [4.69, 9.17) is 11.6 Å². The van der Waals surface area contributed by atoms with Crippen molar-refractivity contribution in [1.82, 2.24) is 25.1 Å². The van der Waals surface area contributed by atoms with Crippen LogP contribution in [0.15, 0.2) is 42.3 Å². The Balaban J connectivity index is 2.28. The van der Waals surface area contributed by atoms with Crippen molar-refractivity contribution in [1.29, 1.82) is 0 Å². The van der Waals surface area contributed by atoms with Crippen molar-refractivity contribution in [2.24, 2.45) is 16.6 Å². The maximum absolute atomic E-state index is 9.43. The second-order valence-corrected chi connectivity index (χ2v) is 6.29. The molecule has 0 saturated heterocycles. The van der Waals surface area contributed by atoms with E-state index in [-0.39, 0.29) is 12.8 Å². The molecule has 1 atom stereocenters. The number of hydrazine groups is 2. The van der Waals surface area contributed by atoms with Gasteiger partial charge in [0.2, 0.25) is 5.84 Å². The maximum atomic E-state index is 9.43. The second-order valence-electron chi connectivity index (χ2n) is 6.29. The van der Waals surface area contributed by atoms with Crippen molar-refractivity contribution in [2.75, 3.05) is 13.6 Å². The number of aromatic nitrogens is 2. The molecule has 152 valence electrons. The lowest BCUT2D eigenvalue weighted by Crippen LogP contribution is -2.47. The molecule has 0 aromatic carbocycles. The molecule has 2 rings (SSSR count). The average molecular weight is 389 g/mol. The minimum absolute atomic E-state index is 0.0879. The fraction of sp³-hybridized carbons (Fsp3) is 0.389. The van der Waals surface area contributed by atoms with Gasteiger partial charge in [-0.25, -0.2) is 15.4 Å². The van der Waals surface area contributed by atoms with Crippen molar-refractivity contribution in [2.45, 2.75) is 33.2 Å². The number of nitrogens with two attached hydrogens (primary N) is 2. The van der Waals surface area contributed by atoms with E-state index in [1.54, 1.807) is 17.4 Å². The normalized spacial score (nSPS) is 13.9. The van der Waals surface area contributed by atoms with Gasteiger partial charge in [-0.1, -0.05) is 6.58 Å². The summed E-state index contributed by atoms with van der Waals surface area (Å²) in [5, 5.41) is 14.3. The van der Waals surface area contributed by atoms with Crippen LogP contribution in [-0.4, -0.2) is 55.6 Å². The third-order valence-electron chi connectivity index (χ3n) is 4.03. The molecule has 2 aromatic rings. The van der Waals surface area contributed by atoms with Gasteiger partial charge in [0.15, 0.2) is 0 Å². The minimum Gasteiger partial charge on any atom is -0.390 e. The van der Waals surface area contributed by atoms with Crippen LogP contribution in [0, 0.1) is 0 Å². The van der Waals surface area contributed by atoms with Crippen molar-refractivity contribution in [3.05, 3.63) is 48.6 Å². The van der Waals surface area contributed by atoms with Crippen LogP contribution in [0.4, 0.5) is 0 Å². The van der Waals surface area contributed by atoms with Crippen LogP contribution < -0.4 is 22.3 Å². The number of imidazole rings is 1. The second kappa shape index (κ2) is 9.72. The number of amidine groups is 2. The monoisotopic (exact) mass is 388 g/mol. The van der Waals surface area contributed by atoms with Crippen LogP contribution in [0.5, 0.6) is 0 Å². The van der Waals surface area contributed by atoms with Gasteiger partial charge in [-0.05, 0) is 26.0 Å². The molecule has 0 bridgehead atoms. The first-order valence-electron chi connectivity index (χ1n) is 9.03. The number of fused-ring (bicyclic) bond motifs is 1. The summed E-state index contributed by atoms with van der Waals surface area (Å²) in [6.45, 7) is 8.46. The molecule has 0 amide bonds. The Labute approximate surface area is 164 Å². The summed E-state index contributed by atoms with van der Waals surface area (Å²) in [6, 6.07) is 3.81. The first-order valence-corrected chi connectivity index (χ1v) is 9.03. The highest BCUT2D eigenvalue weighted by atomic mass is 16.3. The van der Waals surface area contributed by atoms with Crippen molar-refractivity contribution in [3.8, 4) is 0 Å². The van der Waals surface area contributed by atoms with Gasteiger partial charge in [0, 0.05) is 25.0 Å². The molecule has 2 heterocycles. The molecule has 0 aliphatic rings. The van der Waals surface area contributed by atoms with Gasteiger partial charge in [0.25, 0.3) is 0 Å². The van der Waals surface area contributed by atoms with E-state index in [9.17, 15) is 5.11 Å². The predicted molar refractivity (Wildman–Crippen MR) is 110 cm³/mol. The van der Waals surface area contributed by atoms with Crippen LogP contribution >= 0.6 is 0 Å². The number of nitrogens with zero attached hydrogens (tertiary/aromatic N) is 5. The van der Waals surface area contributed by atoms with Gasteiger partial charge >= 0.3 is 5.84 Å². The fourth-order valence-corrected chi connectivity index (χ4v) is 2.71. The van der Waals surface area contributed by atoms with E-state index in [1.165, 1.54) is 4.68 Å². The van der Waals surface area contributed by atoms with Crippen LogP contribution in [0.25, 0.3) is 5.65 Å². The van der Waals surface area contributed by atoms with Crippen molar-refractivity contribution < 1.29 is 9.79 Å². The summed E-state index contributed by atoms with van der Waals surface area (Å²) in [5.41, 5.74) is 11.7. The number of aliphatic hydroxyl groups is 1. The van der Waals surface area contributed by atoms with Gasteiger partial charge in [-0.3, -0.25) is 11.2 Å². The standard InChI is InChI=1S/C18H29N9O/c1-5-21-18(17(19)23-13(3)24-25(4)6-2)27(20)11-14-7-8-16-22-9-15(12-28)26(16)10-14/h6-10,13,24,28H,2,5,11-12,20H2,1,3-4H3,(H2,19,23)/p+1. The molecular weight excluding hydrogens is 358 g/mol. The summed E-state index contributed by atoms with van der Waals surface area (Å²) < 4.78 is 3.35. The third-order valence-corrected chi connectivity index (χ3v) is 4.03. The molecule has 0 aliphatic carbocycles. The Morgan fingerprint density at radius 1 is 1.54 bits per heavy atom. The highest BCUT2D eigenvalue weighted by Gasteiger charge is 2.18. The van der Waals surface area contributed by atoms with Crippen LogP contribution in [0.3, 0.4) is 0 Å². The average Bonchev–Trinajstić information content (AvgIpc) is 3.07. The molecule has 7 N–H and O–H groups in total. The van der Waals surface area contributed by atoms with Gasteiger partial charge in [0.05, 0.1) is 25.0 Å². The fourth-order valence-electron chi connectivity index (χ4n) is 2.71. The van der Waals surface area contributed by atoms with E-state index >= 15 is 0 Å². The number of hydrogen-bond donors (Lipinski definition) is 5.